The maximum Gasteiger partial charge on any atom is 0.430 e. The first kappa shape index (κ1) is 21.2. The van der Waals surface area contributed by atoms with Crippen LogP contribution in [0.2, 0.25) is 0 Å². The summed E-state index contributed by atoms with van der Waals surface area (Å²) in [7, 11) is 0. The highest BCUT2D eigenvalue weighted by atomic mass is 16.6. The summed E-state index contributed by atoms with van der Waals surface area (Å²) in [5, 5.41) is 6.32. The molecule has 30 heavy (non-hydrogen) atoms. The van der Waals surface area contributed by atoms with E-state index in [1.807, 2.05) is 37.3 Å². The minimum atomic E-state index is -0.544. The molecular formula is C24H35N3O3. The highest BCUT2D eigenvalue weighted by Crippen LogP contribution is 2.49. The van der Waals surface area contributed by atoms with Gasteiger partial charge in [0, 0.05) is 25.1 Å². The zero-order valence-electron chi connectivity index (χ0n) is 18.8. The SMILES string of the molecule is CCOC(=O)N1N=C(c2ccccc2)O[C@@]2(N3CCCC3)CC[C@H](C(C)(C)C)C[C@H]12. The Morgan fingerprint density at radius 3 is 2.57 bits per heavy atom. The van der Waals surface area contributed by atoms with Gasteiger partial charge in [0.15, 0.2) is 5.72 Å². The molecule has 1 aliphatic carbocycles. The Kier molecular flexibility index (Phi) is 5.80. The second-order valence-electron chi connectivity index (χ2n) is 9.81. The van der Waals surface area contributed by atoms with Crippen LogP contribution in [0, 0.1) is 11.3 Å². The molecule has 1 aromatic rings. The second-order valence-corrected chi connectivity index (χ2v) is 9.81. The largest absolute Gasteiger partial charge is 0.452 e. The quantitative estimate of drug-likeness (QED) is 0.711. The highest BCUT2D eigenvalue weighted by Gasteiger charge is 2.58. The fourth-order valence-corrected chi connectivity index (χ4v) is 5.26. The van der Waals surface area contributed by atoms with E-state index in [0.717, 1.165) is 50.8 Å². The molecule has 2 heterocycles. The van der Waals surface area contributed by atoms with Gasteiger partial charge >= 0.3 is 6.09 Å². The van der Waals surface area contributed by atoms with E-state index in [1.54, 1.807) is 5.01 Å². The Morgan fingerprint density at radius 1 is 1.23 bits per heavy atom. The third-order valence-corrected chi connectivity index (χ3v) is 6.99. The Balaban J connectivity index is 1.79. The lowest BCUT2D eigenvalue weighted by Crippen LogP contribution is -2.68. The molecule has 2 fully saturated rings. The van der Waals surface area contributed by atoms with Gasteiger partial charge in [-0.3, -0.25) is 4.90 Å². The molecule has 0 bridgehead atoms. The summed E-state index contributed by atoms with van der Waals surface area (Å²) >= 11 is 0. The molecule has 2 aliphatic heterocycles. The van der Waals surface area contributed by atoms with Gasteiger partial charge in [0.1, 0.15) is 6.04 Å². The zero-order chi connectivity index (χ0) is 21.4. The number of carbonyl (C=O) groups excluding carboxylic acids is 1. The molecule has 0 N–H and O–H groups in total. The average molecular weight is 414 g/mol. The van der Waals surface area contributed by atoms with Crippen LogP contribution in [0.4, 0.5) is 4.79 Å². The van der Waals surface area contributed by atoms with Crippen LogP contribution in [0.15, 0.2) is 35.4 Å². The lowest BCUT2D eigenvalue weighted by atomic mass is 9.67. The van der Waals surface area contributed by atoms with Crippen molar-refractivity contribution in [2.75, 3.05) is 19.7 Å². The number of fused-ring (bicyclic) bond motifs is 1. The van der Waals surface area contributed by atoms with Gasteiger partial charge < -0.3 is 9.47 Å². The lowest BCUT2D eigenvalue weighted by Gasteiger charge is -2.56. The Hall–Kier alpha value is -2.08. The normalized spacial score (nSPS) is 29.7. The molecule has 0 radical (unpaired) electrons. The molecule has 0 aromatic heterocycles. The number of nitrogens with zero attached hydrogens (tertiary/aromatic N) is 3. The third-order valence-electron chi connectivity index (χ3n) is 6.99. The predicted molar refractivity (Wildman–Crippen MR) is 117 cm³/mol. The van der Waals surface area contributed by atoms with Crippen LogP contribution >= 0.6 is 0 Å². The summed E-state index contributed by atoms with van der Waals surface area (Å²) in [5.41, 5.74) is 0.514. The number of hydrogen-bond donors (Lipinski definition) is 0. The molecule has 1 amide bonds. The van der Waals surface area contributed by atoms with E-state index in [4.69, 9.17) is 14.6 Å². The van der Waals surface area contributed by atoms with Crippen LogP contribution in [0.25, 0.3) is 0 Å². The number of ether oxygens (including phenoxy) is 2. The van der Waals surface area contributed by atoms with Crippen LogP contribution < -0.4 is 0 Å². The Bertz CT molecular complexity index is 783. The molecule has 164 valence electrons. The van der Waals surface area contributed by atoms with Gasteiger partial charge in [-0.05, 0) is 56.1 Å². The summed E-state index contributed by atoms with van der Waals surface area (Å²) in [6, 6.07) is 9.74. The Morgan fingerprint density at radius 2 is 1.93 bits per heavy atom. The van der Waals surface area contributed by atoms with Crippen molar-refractivity contribution in [3.8, 4) is 0 Å². The standard InChI is InChI=1S/C24H35N3O3/c1-5-29-22(28)27-20-17-19(23(2,3)4)13-14-24(20,26-15-9-10-16-26)30-21(25-27)18-11-7-6-8-12-18/h6-8,11-12,19-20H,5,9-10,13-17H2,1-4H3/t19-,20-,24-/m0/s1. The molecule has 3 atom stereocenters. The molecule has 6 nitrogen and oxygen atoms in total. The maximum atomic E-state index is 13.1. The molecule has 0 unspecified atom stereocenters. The number of amides is 1. The summed E-state index contributed by atoms with van der Waals surface area (Å²) < 4.78 is 12.2. The number of benzene rings is 1. The van der Waals surface area contributed by atoms with Gasteiger partial charge in [-0.1, -0.05) is 39.0 Å². The van der Waals surface area contributed by atoms with Gasteiger partial charge in [0.2, 0.25) is 5.90 Å². The molecule has 1 saturated carbocycles. The van der Waals surface area contributed by atoms with Crippen molar-refractivity contribution in [2.24, 2.45) is 16.4 Å². The monoisotopic (exact) mass is 413 g/mol. The van der Waals surface area contributed by atoms with Gasteiger partial charge in [-0.25, -0.2) is 4.79 Å². The van der Waals surface area contributed by atoms with E-state index in [0.29, 0.717) is 18.4 Å². The molecule has 1 aromatic carbocycles. The van der Waals surface area contributed by atoms with Crippen LogP contribution in [-0.2, 0) is 9.47 Å². The third kappa shape index (κ3) is 3.82. The van der Waals surface area contributed by atoms with E-state index in [1.165, 1.54) is 0 Å². The van der Waals surface area contributed by atoms with E-state index in [-0.39, 0.29) is 17.6 Å². The molecule has 6 heteroatoms. The van der Waals surface area contributed by atoms with Gasteiger partial charge in [-0.15, -0.1) is 5.10 Å². The van der Waals surface area contributed by atoms with Crippen molar-refractivity contribution >= 4 is 12.0 Å². The zero-order valence-corrected chi connectivity index (χ0v) is 18.8. The summed E-state index contributed by atoms with van der Waals surface area (Å²) in [4.78, 5) is 15.5. The summed E-state index contributed by atoms with van der Waals surface area (Å²) in [6.45, 7) is 11.0. The van der Waals surface area contributed by atoms with Crippen molar-refractivity contribution in [3.05, 3.63) is 35.9 Å². The van der Waals surface area contributed by atoms with Gasteiger partial charge in [0.05, 0.1) is 6.61 Å². The molecule has 4 rings (SSSR count). The smallest absolute Gasteiger partial charge is 0.430 e. The van der Waals surface area contributed by atoms with Crippen LogP contribution in [0.1, 0.15) is 65.4 Å². The van der Waals surface area contributed by atoms with Crippen LogP contribution in [0.5, 0.6) is 0 Å². The lowest BCUT2D eigenvalue weighted by molar-refractivity contribution is -0.182. The number of rotatable bonds is 3. The first-order valence-corrected chi connectivity index (χ1v) is 11.4. The topological polar surface area (TPSA) is 54.4 Å². The number of hydrazone groups is 1. The molecule has 3 aliphatic rings. The van der Waals surface area contributed by atoms with Crippen LogP contribution in [-0.4, -0.2) is 53.4 Å². The maximum absolute atomic E-state index is 13.1. The van der Waals surface area contributed by atoms with Crippen molar-refractivity contribution in [1.29, 1.82) is 0 Å². The van der Waals surface area contributed by atoms with Crippen molar-refractivity contribution < 1.29 is 14.3 Å². The van der Waals surface area contributed by atoms with Crippen LogP contribution in [0.3, 0.4) is 0 Å². The van der Waals surface area contributed by atoms with E-state index >= 15 is 0 Å². The fourth-order valence-electron chi connectivity index (χ4n) is 5.26. The molecule has 1 saturated heterocycles. The van der Waals surface area contributed by atoms with E-state index in [2.05, 4.69) is 25.7 Å². The van der Waals surface area contributed by atoms with E-state index in [9.17, 15) is 4.79 Å². The first-order chi connectivity index (χ1) is 14.3. The summed E-state index contributed by atoms with van der Waals surface area (Å²) in [6.07, 6.45) is 4.79. The first-order valence-electron chi connectivity index (χ1n) is 11.4. The summed E-state index contributed by atoms with van der Waals surface area (Å²) in [5.74, 6) is 1.01. The van der Waals surface area contributed by atoms with Crippen molar-refractivity contribution in [1.82, 2.24) is 9.91 Å². The molecular weight excluding hydrogens is 378 g/mol. The Labute approximate surface area is 180 Å². The number of likely N-dealkylation sites (tertiary alicyclic amines) is 1. The minimum absolute atomic E-state index is 0.153. The van der Waals surface area contributed by atoms with Gasteiger partial charge in [0.25, 0.3) is 0 Å². The minimum Gasteiger partial charge on any atom is -0.452 e. The second kappa shape index (κ2) is 8.22. The highest BCUT2D eigenvalue weighted by molar-refractivity contribution is 5.95. The number of hydrogen-bond acceptors (Lipinski definition) is 5. The van der Waals surface area contributed by atoms with Gasteiger partial charge in [-0.2, -0.15) is 5.01 Å². The number of carbonyl (C=O) groups is 1. The predicted octanol–water partition coefficient (Wildman–Crippen LogP) is 4.84. The van der Waals surface area contributed by atoms with Crippen molar-refractivity contribution in [3.63, 3.8) is 0 Å². The average Bonchev–Trinajstić information content (AvgIpc) is 3.28. The molecule has 0 spiro atoms. The van der Waals surface area contributed by atoms with E-state index < -0.39 is 5.72 Å². The van der Waals surface area contributed by atoms with Crippen molar-refractivity contribution in [2.45, 2.75) is 71.6 Å². The fraction of sp³-hybridized carbons (Fsp3) is 0.667.